The number of ether oxygens (including phenoxy) is 1. The maximum absolute atomic E-state index is 12.0. The first-order valence-electron chi connectivity index (χ1n) is 8.11. The number of para-hydroxylation sites is 1. The highest BCUT2D eigenvalue weighted by molar-refractivity contribution is 5.77. The number of rotatable bonds is 6. The van der Waals surface area contributed by atoms with Crippen molar-refractivity contribution in [1.29, 1.82) is 0 Å². The molecule has 0 saturated carbocycles. The Hall–Kier alpha value is -3.42. The van der Waals surface area contributed by atoms with Crippen molar-refractivity contribution in [1.82, 2.24) is 25.5 Å². The second kappa shape index (κ2) is 7.64. The summed E-state index contributed by atoms with van der Waals surface area (Å²) in [5.74, 6) is 1.21. The van der Waals surface area contributed by atoms with E-state index in [0.29, 0.717) is 5.88 Å². The number of hydrogen-bond acceptors (Lipinski definition) is 5. The normalized spacial score (nSPS) is 10.5. The van der Waals surface area contributed by atoms with Crippen molar-refractivity contribution in [2.24, 2.45) is 0 Å². The molecule has 3 aromatic rings. The quantitative estimate of drug-likeness (QED) is 0.625. The lowest BCUT2D eigenvalue weighted by atomic mass is 10.1. The summed E-state index contributed by atoms with van der Waals surface area (Å²) in [4.78, 5) is 29.7. The summed E-state index contributed by atoms with van der Waals surface area (Å²) < 4.78 is 6.00. The number of carbonyl (C=O) groups is 1. The highest BCUT2D eigenvalue weighted by Crippen LogP contribution is 2.29. The predicted octanol–water partition coefficient (Wildman–Crippen LogP) is 1.76. The Labute approximate surface area is 149 Å². The van der Waals surface area contributed by atoms with Crippen molar-refractivity contribution in [2.75, 3.05) is 0 Å². The lowest BCUT2D eigenvalue weighted by Gasteiger charge is -2.14. The van der Waals surface area contributed by atoms with Gasteiger partial charge in [-0.25, -0.2) is 14.9 Å². The summed E-state index contributed by atoms with van der Waals surface area (Å²) in [6.45, 7) is 4.19. The van der Waals surface area contributed by atoms with Gasteiger partial charge in [-0.05, 0) is 31.0 Å². The zero-order valence-electron chi connectivity index (χ0n) is 14.5. The molecule has 8 heteroatoms. The Balaban J connectivity index is 1.69. The third kappa shape index (κ3) is 4.15. The van der Waals surface area contributed by atoms with Crippen LogP contribution in [-0.4, -0.2) is 26.1 Å². The van der Waals surface area contributed by atoms with Crippen LogP contribution in [0.4, 0.5) is 0 Å². The molecule has 0 aliphatic carbocycles. The van der Waals surface area contributed by atoms with Crippen molar-refractivity contribution in [2.45, 2.75) is 26.8 Å². The third-order valence-corrected chi connectivity index (χ3v) is 3.81. The zero-order valence-corrected chi connectivity index (χ0v) is 14.5. The maximum Gasteiger partial charge on any atom is 0.340 e. The van der Waals surface area contributed by atoms with E-state index in [9.17, 15) is 9.59 Å². The second-order valence-corrected chi connectivity index (χ2v) is 5.87. The smallest absolute Gasteiger partial charge is 0.340 e. The maximum atomic E-state index is 12.0. The standard InChI is InChI=1S/C18H19N5O3/c1-11-5-3-6-12(2)16(11)26-17-13(7-4-8-19-17)10-20-15(24)9-14-21-18(25)23-22-14/h3-8H,9-10H2,1-2H3,(H,20,24)(H2,21,22,23,25). The molecule has 1 aromatic carbocycles. The summed E-state index contributed by atoms with van der Waals surface area (Å²) in [5.41, 5.74) is 2.32. The number of nitrogens with zero attached hydrogens (tertiary/aromatic N) is 2. The molecule has 26 heavy (non-hydrogen) atoms. The van der Waals surface area contributed by atoms with Gasteiger partial charge in [-0.15, -0.1) is 0 Å². The molecule has 0 unspecified atom stereocenters. The van der Waals surface area contributed by atoms with Gasteiger partial charge in [-0.2, -0.15) is 5.10 Å². The second-order valence-electron chi connectivity index (χ2n) is 5.87. The van der Waals surface area contributed by atoms with Gasteiger partial charge in [0.2, 0.25) is 11.8 Å². The molecule has 0 saturated heterocycles. The van der Waals surface area contributed by atoms with Crippen LogP contribution in [0.1, 0.15) is 22.5 Å². The van der Waals surface area contributed by atoms with E-state index in [0.717, 1.165) is 22.4 Å². The van der Waals surface area contributed by atoms with Gasteiger partial charge in [0.1, 0.15) is 11.6 Å². The largest absolute Gasteiger partial charge is 0.438 e. The summed E-state index contributed by atoms with van der Waals surface area (Å²) in [7, 11) is 0. The molecule has 0 aliphatic heterocycles. The van der Waals surface area contributed by atoms with Gasteiger partial charge >= 0.3 is 5.69 Å². The Morgan fingerprint density at radius 1 is 1.19 bits per heavy atom. The molecule has 3 N–H and O–H groups in total. The number of pyridine rings is 1. The number of aromatic nitrogens is 4. The van der Waals surface area contributed by atoms with Crippen molar-refractivity contribution in [3.63, 3.8) is 0 Å². The van der Waals surface area contributed by atoms with E-state index in [4.69, 9.17) is 4.74 Å². The van der Waals surface area contributed by atoms with Crippen LogP contribution in [-0.2, 0) is 17.8 Å². The first-order chi connectivity index (χ1) is 12.5. The molecule has 3 rings (SSSR count). The number of hydrogen-bond donors (Lipinski definition) is 3. The van der Waals surface area contributed by atoms with Crippen LogP contribution in [0.5, 0.6) is 11.6 Å². The van der Waals surface area contributed by atoms with E-state index in [1.807, 2.05) is 38.1 Å². The Morgan fingerprint density at radius 2 is 1.96 bits per heavy atom. The van der Waals surface area contributed by atoms with Crippen LogP contribution in [0, 0.1) is 13.8 Å². The molecular weight excluding hydrogens is 334 g/mol. The number of aromatic amines is 2. The molecule has 0 aliphatic rings. The molecule has 0 atom stereocenters. The molecule has 1 amide bonds. The van der Waals surface area contributed by atoms with E-state index in [2.05, 4.69) is 25.5 Å². The van der Waals surface area contributed by atoms with Gasteiger partial charge in [-0.1, -0.05) is 24.3 Å². The number of nitrogens with one attached hydrogen (secondary N) is 3. The van der Waals surface area contributed by atoms with Gasteiger partial charge < -0.3 is 10.1 Å². The lowest BCUT2D eigenvalue weighted by molar-refractivity contribution is -0.120. The third-order valence-electron chi connectivity index (χ3n) is 3.81. The average Bonchev–Trinajstić information content (AvgIpc) is 3.02. The van der Waals surface area contributed by atoms with Crippen LogP contribution in [0.2, 0.25) is 0 Å². The fourth-order valence-corrected chi connectivity index (χ4v) is 2.50. The molecule has 0 fully saturated rings. The van der Waals surface area contributed by atoms with E-state index < -0.39 is 5.69 Å². The number of aryl methyl sites for hydroxylation is 2. The topological polar surface area (TPSA) is 113 Å². The Bertz CT molecular complexity index is 956. The molecule has 8 nitrogen and oxygen atoms in total. The highest BCUT2D eigenvalue weighted by atomic mass is 16.5. The summed E-state index contributed by atoms with van der Waals surface area (Å²) in [6.07, 6.45) is 1.62. The zero-order chi connectivity index (χ0) is 18.5. The van der Waals surface area contributed by atoms with E-state index in [1.54, 1.807) is 12.3 Å². The molecule has 0 radical (unpaired) electrons. The van der Waals surface area contributed by atoms with Gasteiger partial charge in [0.15, 0.2) is 0 Å². The van der Waals surface area contributed by atoms with E-state index in [1.165, 1.54) is 0 Å². The number of H-pyrrole nitrogens is 2. The van der Waals surface area contributed by atoms with Crippen LogP contribution < -0.4 is 15.7 Å². The molecule has 0 bridgehead atoms. The highest BCUT2D eigenvalue weighted by Gasteiger charge is 2.12. The van der Waals surface area contributed by atoms with Crippen LogP contribution in [0.25, 0.3) is 0 Å². The van der Waals surface area contributed by atoms with Crippen molar-refractivity contribution in [3.05, 3.63) is 69.5 Å². The van der Waals surface area contributed by atoms with E-state index >= 15 is 0 Å². The minimum absolute atomic E-state index is 0.0217. The molecule has 134 valence electrons. The average molecular weight is 353 g/mol. The van der Waals surface area contributed by atoms with Crippen molar-refractivity contribution >= 4 is 5.91 Å². The summed E-state index contributed by atoms with van der Waals surface area (Å²) >= 11 is 0. The Kier molecular flexibility index (Phi) is 5.12. The minimum atomic E-state index is -0.440. The summed E-state index contributed by atoms with van der Waals surface area (Å²) in [6, 6.07) is 9.53. The van der Waals surface area contributed by atoms with Gasteiger partial charge in [0.25, 0.3) is 0 Å². The molecule has 2 aromatic heterocycles. The van der Waals surface area contributed by atoms with Gasteiger partial charge in [-0.3, -0.25) is 9.78 Å². The number of benzene rings is 1. The minimum Gasteiger partial charge on any atom is -0.438 e. The van der Waals surface area contributed by atoms with Gasteiger partial charge in [0, 0.05) is 18.3 Å². The predicted molar refractivity (Wildman–Crippen MR) is 95.0 cm³/mol. The van der Waals surface area contributed by atoms with Crippen LogP contribution in [0.15, 0.2) is 41.3 Å². The van der Waals surface area contributed by atoms with Crippen LogP contribution in [0.3, 0.4) is 0 Å². The first kappa shape index (κ1) is 17.4. The van der Waals surface area contributed by atoms with Crippen molar-refractivity contribution in [3.8, 4) is 11.6 Å². The molecule has 0 spiro atoms. The SMILES string of the molecule is Cc1cccc(C)c1Oc1ncccc1CNC(=O)Cc1n[nH]c(=O)[nH]1. The number of carbonyl (C=O) groups excluding carboxylic acids is 1. The monoisotopic (exact) mass is 353 g/mol. The lowest BCUT2D eigenvalue weighted by Crippen LogP contribution is -2.25. The first-order valence-corrected chi connectivity index (χ1v) is 8.11. The number of amides is 1. The Morgan fingerprint density at radius 3 is 2.65 bits per heavy atom. The van der Waals surface area contributed by atoms with Gasteiger partial charge in [0.05, 0.1) is 6.42 Å². The van der Waals surface area contributed by atoms with Crippen LogP contribution >= 0.6 is 0 Å². The molecular formula is C18H19N5O3. The fourth-order valence-electron chi connectivity index (χ4n) is 2.50. The summed E-state index contributed by atoms with van der Waals surface area (Å²) in [5, 5.41) is 8.71. The van der Waals surface area contributed by atoms with Crippen molar-refractivity contribution < 1.29 is 9.53 Å². The fraction of sp³-hybridized carbons (Fsp3) is 0.222. The molecule has 2 heterocycles. The van der Waals surface area contributed by atoms with E-state index in [-0.39, 0.29) is 24.7 Å².